The van der Waals surface area contributed by atoms with Crippen LogP contribution in [0.25, 0.3) is 21.9 Å². The third-order valence-electron chi connectivity index (χ3n) is 5.15. The summed E-state index contributed by atoms with van der Waals surface area (Å²) in [5.41, 5.74) is 6.05. The van der Waals surface area contributed by atoms with Crippen molar-refractivity contribution in [2.75, 3.05) is 5.32 Å². The lowest BCUT2D eigenvalue weighted by Gasteiger charge is -2.13. The predicted octanol–water partition coefficient (Wildman–Crippen LogP) is 6.70. The smallest absolute Gasteiger partial charge is 0.141 e. The Morgan fingerprint density at radius 1 is 0.844 bits per heavy atom. The van der Waals surface area contributed by atoms with Gasteiger partial charge in [-0.2, -0.15) is 0 Å². The van der Waals surface area contributed by atoms with Gasteiger partial charge in [-0.25, -0.2) is 15.0 Å². The molecule has 0 unspecified atom stereocenters. The molecule has 0 saturated carbocycles. The van der Waals surface area contributed by atoms with Crippen molar-refractivity contribution in [3.05, 3.63) is 78.4 Å². The van der Waals surface area contributed by atoms with Crippen LogP contribution in [0, 0.1) is 13.8 Å². The van der Waals surface area contributed by atoms with E-state index in [0.29, 0.717) is 0 Å². The molecule has 0 atom stereocenters. The molecule has 3 aromatic carbocycles. The Morgan fingerprint density at radius 2 is 1.69 bits per heavy atom. The summed E-state index contributed by atoms with van der Waals surface area (Å²) >= 11 is 0. The second kappa shape index (κ2) is 9.06. The minimum Gasteiger partial charge on any atom is -0.457 e. The lowest BCUT2D eigenvalue weighted by atomic mass is 10.1. The van der Waals surface area contributed by atoms with Crippen LogP contribution >= 0.6 is 0 Å². The van der Waals surface area contributed by atoms with Crippen molar-refractivity contribution >= 4 is 33.4 Å². The van der Waals surface area contributed by atoms with Crippen LogP contribution in [-0.2, 0) is 7.05 Å². The van der Waals surface area contributed by atoms with E-state index in [-0.39, 0.29) is 0 Å². The van der Waals surface area contributed by atoms with Crippen molar-refractivity contribution in [2.24, 2.45) is 7.05 Å². The lowest BCUT2D eigenvalue weighted by molar-refractivity contribution is 0.479. The fourth-order valence-corrected chi connectivity index (χ4v) is 3.55. The van der Waals surface area contributed by atoms with Crippen LogP contribution in [0.1, 0.15) is 25.0 Å². The van der Waals surface area contributed by atoms with E-state index in [2.05, 4.69) is 45.4 Å². The van der Waals surface area contributed by atoms with Crippen LogP contribution in [-0.4, -0.2) is 19.5 Å². The van der Waals surface area contributed by atoms with Crippen LogP contribution in [0.3, 0.4) is 0 Å². The Hall–Kier alpha value is -3.93. The van der Waals surface area contributed by atoms with Gasteiger partial charge < -0.3 is 14.6 Å². The monoisotopic (exact) mass is 425 g/mol. The molecular weight excluding hydrogens is 398 g/mol. The number of aromatic nitrogens is 4. The Bertz CT molecular complexity index is 1390. The first kappa shape index (κ1) is 21.3. The van der Waals surface area contributed by atoms with E-state index in [1.54, 1.807) is 12.7 Å². The molecular formula is C26H27N5O. The standard InChI is InChI=1S/C24H21N5O.C2H6/c1-15-4-7-20-19(10-15)24(26-13-25-20)28-17-5-9-23(16(2)11-17)30-18-6-8-22-21(12-18)27-14-29(22)3;1-2/h4-14H,1-3H3,(H,25,26,28);1-2H3. The quantitative estimate of drug-likeness (QED) is 0.347. The van der Waals surface area contributed by atoms with Crippen molar-refractivity contribution < 1.29 is 4.74 Å². The minimum absolute atomic E-state index is 0.766. The zero-order valence-corrected chi connectivity index (χ0v) is 19.0. The topological polar surface area (TPSA) is 64.9 Å². The molecule has 0 aliphatic rings. The molecule has 0 aliphatic carbocycles. The predicted molar refractivity (Wildman–Crippen MR) is 131 cm³/mol. The molecule has 0 bridgehead atoms. The van der Waals surface area contributed by atoms with Gasteiger partial charge in [-0.1, -0.05) is 25.5 Å². The highest BCUT2D eigenvalue weighted by Gasteiger charge is 2.08. The van der Waals surface area contributed by atoms with Crippen molar-refractivity contribution in [1.82, 2.24) is 19.5 Å². The molecule has 6 heteroatoms. The minimum atomic E-state index is 0.766. The molecule has 0 radical (unpaired) electrons. The number of hydrogen-bond acceptors (Lipinski definition) is 5. The highest BCUT2D eigenvalue weighted by Crippen LogP contribution is 2.31. The third kappa shape index (κ3) is 4.25. The molecule has 32 heavy (non-hydrogen) atoms. The van der Waals surface area contributed by atoms with Gasteiger partial charge in [-0.3, -0.25) is 0 Å². The first-order valence-electron chi connectivity index (χ1n) is 10.7. The number of ether oxygens (including phenoxy) is 1. The van der Waals surface area contributed by atoms with Crippen molar-refractivity contribution in [3.8, 4) is 11.5 Å². The molecule has 162 valence electrons. The first-order chi connectivity index (χ1) is 15.6. The maximum atomic E-state index is 6.12. The van der Waals surface area contributed by atoms with Crippen LogP contribution in [0.15, 0.2) is 67.3 Å². The molecule has 0 spiro atoms. The van der Waals surface area contributed by atoms with Crippen molar-refractivity contribution in [2.45, 2.75) is 27.7 Å². The number of anilines is 2. The number of rotatable bonds is 4. The number of nitrogens with one attached hydrogen (secondary N) is 1. The fraction of sp³-hybridized carbons (Fsp3) is 0.192. The maximum Gasteiger partial charge on any atom is 0.141 e. The first-order valence-corrected chi connectivity index (χ1v) is 10.7. The lowest BCUT2D eigenvalue weighted by Crippen LogP contribution is -1.97. The Kier molecular flexibility index (Phi) is 6.03. The second-order valence-electron chi connectivity index (χ2n) is 7.46. The fourth-order valence-electron chi connectivity index (χ4n) is 3.55. The van der Waals surface area contributed by atoms with Crippen molar-refractivity contribution in [1.29, 1.82) is 0 Å². The van der Waals surface area contributed by atoms with E-state index in [4.69, 9.17) is 4.74 Å². The molecule has 5 rings (SSSR count). The van der Waals surface area contributed by atoms with E-state index in [1.165, 1.54) is 5.56 Å². The van der Waals surface area contributed by atoms with Gasteiger partial charge in [0.05, 0.1) is 22.9 Å². The van der Waals surface area contributed by atoms with Gasteiger partial charge in [0.15, 0.2) is 0 Å². The van der Waals surface area contributed by atoms with Gasteiger partial charge in [0.2, 0.25) is 0 Å². The largest absolute Gasteiger partial charge is 0.457 e. The van der Waals surface area contributed by atoms with E-state index in [1.807, 2.05) is 68.8 Å². The van der Waals surface area contributed by atoms with Gasteiger partial charge in [0.25, 0.3) is 0 Å². The number of hydrogen-bond donors (Lipinski definition) is 1. The van der Waals surface area contributed by atoms with E-state index in [0.717, 1.165) is 50.5 Å². The summed E-state index contributed by atoms with van der Waals surface area (Å²) in [5.74, 6) is 2.36. The molecule has 1 N–H and O–H groups in total. The summed E-state index contributed by atoms with van der Waals surface area (Å²) < 4.78 is 8.10. The van der Waals surface area contributed by atoms with Gasteiger partial charge in [0.1, 0.15) is 23.6 Å². The highest BCUT2D eigenvalue weighted by atomic mass is 16.5. The van der Waals surface area contributed by atoms with E-state index in [9.17, 15) is 0 Å². The zero-order chi connectivity index (χ0) is 22.7. The zero-order valence-electron chi connectivity index (χ0n) is 19.0. The average Bonchev–Trinajstić information content (AvgIpc) is 3.17. The molecule has 0 amide bonds. The highest BCUT2D eigenvalue weighted by molar-refractivity contribution is 5.91. The Labute approximate surface area is 187 Å². The van der Waals surface area contributed by atoms with Crippen molar-refractivity contribution in [3.63, 3.8) is 0 Å². The molecule has 0 aliphatic heterocycles. The van der Waals surface area contributed by atoms with Gasteiger partial charge in [-0.05, 0) is 61.9 Å². The summed E-state index contributed by atoms with van der Waals surface area (Å²) in [6, 6.07) is 18.1. The number of fused-ring (bicyclic) bond motifs is 2. The second-order valence-corrected chi connectivity index (χ2v) is 7.46. The summed E-state index contributed by atoms with van der Waals surface area (Å²) in [7, 11) is 1.98. The normalized spacial score (nSPS) is 10.7. The third-order valence-corrected chi connectivity index (χ3v) is 5.15. The molecule has 5 aromatic rings. The summed E-state index contributed by atoms with van der Waals surface area (Å²) in [6.07, 6.45) is 3.39. The molecule has 2 aromatic heterocycles. The molecule has 0 fully saturated rings. The number of benzene rings is 3. The average molecular weight is 426 g/mol. The van der Waals surface area contributed by atoms with Gasteiger partial charge in [0, 0.05) is 24.2 Å². The van der Waals surface area contributed by atoms with E-state index < -0.39 is 0 Å². The summed E-state index contributed by atoms with van der Waals surface area (Å²) in [4.78, 5) is 13.2. The Morgan fingerprint density at radius 3 is 2.50 bits per heavy atom. The SMILES string of the molecule is CC.Cc1ccc2ncnc(Nc3ccc(Oc4ccc5c(c4)ncn5C)c(C)c3)c2c1. The van der Waals surface area contributed by atoms with E-state index >= 15 is 0 Å². The Balaban J connectivity index is 0.00000119. The number of aryl methyl sites for hydroxylation is 3. The molecule has 6 nitrogen and oxygen atoms in total. The van der Waals surface area contributed by atoms with Crippen LogP contribution in [0.4, 0.5) is 11.5 Å². The van der Waals surface area contributed by atoms with Crippen LogP contribution in [0.5, 0.6) is 11.5 Å². The van der Waals surface area contributed by atoms with Gasteiger partial charge in [-0.15, -0.1) is 0 Å². The summed E-state index contributed by atoms with van der Waals surface area (Å²) in [6.45, 7) is 8.09. The maximum absolute atomic E-state index is 6.12. The molecule has 2 heterocycles. The number of imidazole rings is 1. The van der Waals surface area contributed by atoms with Crippen LogP contribution in [0.2, 0.25) is 0 Å². The van der Waals surface area contributed by atoms with Crippen LogP contribution < -0.4 is 10.1 Å². The number of nitrogens with zero attached hydrogens (tertiary/aromatic N) is 4. The molecule has 0 saturated heterocycles. The summed E-state index contributed by atoms with van der Waals surface area (Å²) in [5, 5.41) is 4.41. The van der Waals surface area contributed by atoms with Gasteiger partial charge >= 0.3 is 0 Å².